The summed E-state index contributed by atoms with van der Waals surface area (Å²) in [5.74, 6) is -0.961. The van der Waals surface area contributed by atoms with Crippen LogP contribution in [0, 0.1) is 5.92 Å². The first-order valence-electron chi connectivity index (χ1n) is 10.8. The molecule has 0 aromatic heterocycles. The van der Waals surface area contributed by atoms with E-state index in [-0.39, 0.29) is 6.54 Å². The van der Waals surface area contributed by atoms with Crippen molar-refractivity contribution in [2.24, 2.45) is 5.92 Å². The Balaban J connectivity index is 2.49. The smallest absolute Gasteiger partial charge is 0.411 e. The van der Waals surface area contributed by atoms with Crippen LogP contribution >= 0.6 is 0 Å². The van der Waals surface area contributed by atoms with Crippen LogP contribution in [0.25, 0.3) is 0 Å². The zero-order chi connectivity index (χ0) is 24.0. The number of carbonyl (C=O) groups excluding carboxylic acids is 3. The number of hydrogen-bond acceptors (Lipinski definition) is 6. The molecule has 0 bridgehead atoms. The van der Waals surface area contributed by atoms with Gasteiger partial charge in [-0.1, -0.05) is 6.08 Å². The minimum atomic E-state index is -1.42. The Labute approximate surface area is 185 Å². The van der Waals surface area contributed by atoms with Gasteiger partial charge in [0.1, 0.15) is 16.8 Å². The fourth-order valence-corrected chi connectivity index (χ4v) is 3.95. The maximum Gasteiger partial charge on any atom is 0.411 e. The number of amides is 2. The van der Waals surface area contributed by atoms with Gasteiger partial charge >= 0.3 is 18.2 Å². The molecular weight excluding hydrogens is 400 g/mol. The summed E-state index contributed by atoms with van der Waals surface area (Å²) in [6.07, 6.45) is 1.04. The largest absolute Gasteiger partial charge is 0.458 e. The summed E-state index contributed by atoms with van der Waals surface area (Å²) >= 11 is 0. The third kappa shape index (κ3) is 5.52. The second-order valence-electron chi connectivity index (χ2n) is 11.2. The molecule has 2 heterocycles. The average Bonchev–Trinajstić information content (AvgIpc) is 3.23. The molecule has 2 saturated heterocycles. The van der Waals surface area contributed by atoms with Crippen molar-refractivity contribution in [3.63, 3.8) is 0 Å². The summed E-state index contributed by atoms with van der Waals surface area (Å²) in [7, 11) is 0. The van der Waals surface area contributed by atoms with Gasteiger partial charge in [-0.15, -0.1) is 6.58 Å². The van der Waals surface area contributed by atoms with Crippen molar-refractivity contribution in [2.45, 2.75) is 97.1 Å². The van der Waals surface area contributed by atoms with Gasteiger partial charge in [0.05, 0.1) is 6.04 Å². The Bertz CT molecular complexity index is 743. The van der Waals surface area contributed by atoms with Crippen LogP contribution in [0.1, 0.15) is 68.7 Å². The summed E-state index contributed by atoms with van der Waals surface area (Å²) in [6.45, 7) is 20.4. The van der Waals surface area contributed by atoms with Gasteiger partial charge in [-0.25, -0.2) is 14.4 Å². The molecule has 3 atom stereocenters. The van der Waals surface area contributed by atoms with E-state index in [2.05, 4.69) is 6.58 Å². The highest BCUT2D eigenvalue weighted by molar-refractivity contribution is 5.91. The predicted molar refractivity (Wildman–Crippen MR) is 117 cm³/mol. The summed E-state index contributed by atoms with van der Waals surface area (Å²) < 4.78 is 16.9. The monoisotopic (exact) mass is 438 g/mol. The van der Waals surface area contributed by atoms with Gasteiger partial charge in [0.25, 0.3) is 0 Å². The lowest BCUT2D eigenvalue weighted by atomic mass is 9.81. The number of hydrogen-bond donors (Lipinski definition) is 0. The van der Waals surface area contributed by atoms with Gasteiger partial charge in [0, 0.05) is 19.0 Å². The van der Waals surface area contributed by atoms with E-state index >= 15 is 0 Å². The van der Waals surface area contributed by atoms with Gasteiger partial charge in [0.2, 0.25) is 0 Å². The Morgan fingerprint density at radius 2 is 1.35 bits per heavy atom. The third-order valence-electron chi connectivity index (χ3n) is 5.05. The fourth-order valence-electron chi connectivity index (χ4n) is 3.95. The van der Waals surface area contributed by atoms with Crippen molar-refractivity contribution in [3.8, 4) is 0 Å². The highest BCUT2D eigenvalue weighted by atomic mass is 16.6. The molecule has 0 radical (unpaired) electrons. The van der Waals surface area contributed by atoms with Crippen LogP contribution in [0.2, 0.25) is 0 Å². The maximum atomic E-state index is 13.7. The van der Waals surface area contributed by atoms with Gasteiger partial charge in [0.15, 0.2) is 5.54 Å². The standard InChI is InChI=1S/C23H38N2O6/c1-11-15-12-13-25(19(28)31-22(8,9)10)23(15,17(26)29-20(2,3)4)16-14-24(16)18(27)30-21(5,6)7/h11,15-16H,1,12-14H2,2-10H3/t15-,16?,23-,24?/m1/s1. The van der Waals surface area contributed by atoms with Crippen molar-refractivity contribution >= 4 is 18.2 Å². The minimum Gasteiger partial charge on any atom is -0.458 e. The molecule has 8 nitrogen and oxygen atoms in total. The maximum absolute atomic E-state index is 13.7. The highest BCUT2D eigenvalue weighted by Crippen LogP contribution is 2.48. The van der Waals surface area contributed by atoms with Crippen molar-refractivity contribution in [1.82, 2.24) is 9.80 Å². The zero-order valence-corrected chi connectivity index (χ0v) is 20.4. The second kappa shape index (κ2) is 8.02. The quantitative estimate of drug-likeness (QED) is 0.285. The van der Waals surface area contributed by atoms with Gasteiger partial charge in [-0.05, 0) is 68.7 Å². The fraction of sp³-hybridized carbons (Fsp3) is 0.783. The molecule has 0 N–H and O–H groups in total. The van der Waals surface area contributed by atoms with E-state index in [9.17, 15) is 14.4 Å². The molecule has 2 aliphatic rings. The van der Waals surface area contributed by atoms with Crippen LogP contribution < -0.4 is 0 Å². The van der Waals surface area contributed by atoms with Crippen molar-refractivity contribution in [2.75, 3.05) is 13.1 Å². The van der Waals surface area contributed by atoms with E-state index in [0.717, 1.165) is 0 Å². The molecule has 1 unspecified atom stereocenters. The normalized spacial score (nSPS) is 26.4. The Kier molecular flexibility index (Phi) is 6.47. The Morgan fingerprint density at radius 3 is 1.81 bits per heavy atom. The number of rotatable bonds is 3. The molecule has 2 aliphatic heterocycles. The molecule has 0 spiro atoms. The molecule has 0 aromatic carbocycles. The summed E-state index contributed by atoms with van der Waals surface area (Å²) in [4.78, 5) is 42.5. The van der Waals surface area contributed by atoms with Crippen LogP contribution in [-0.4, -0.2) is 69.4 Å². The molecule has 0 aliphatic carbocycles. The third-order valence-corrected chi connectivity index (χ3v) is 5.05. The van der Waals surface area contributed by atoms with E-state index in [1.807, 2.05) is 0 Å². The Morgan fingerprint density at radius 1 is 0.871 bits per heavy atom. The molecular formula is C23H38N2O6. The van der Waals surface area contributed by atoms with Crippen molar-refractivity contribution in [1.29, 1.82) is 0 Å². The molecule has 0 saturated carbocycles. The molecule has 0 aromatic rings. The number of carbonyl (C=O) groups is 3. The van der Waals surface area contributed by atoms with Gasteiger partial charge in [-0.3, -0.25) is 9.80 Å². The van der Waals surface area contributed by atoms with Crippen molar-refractivity contribution < 1.29 is 28.6 Å². The molecule has 2 rings (SSSR count). The molecule has 8 heteroatoms. The molecule has 176 valence electrons. The second-order valence-corrected chi connectivity index (χ2v) is 11.2. The van der Waals surface area contributed by atoms with E-state index < -0.39 is 52.5 Å². The zero-order valence-electron chi connectivity index (χ0n) is 20.4. The number of ether oxygens (including phenoxy) is 3. The minimum absolute atomic E-state index is 0.276. The average molecular weight is 439 g/mol. The SMILES string of the molecule is C=C[C@@H]1CCN(C(=O)OC(C)(C)C)[C@@]1(C(=O)OC(C)(C)C)C1CN1C(=O)OC(C)(C)C. The predicted octanol–water partition coefficient (Wildman–Crippen LogP) is 4.13. The van der Waals surface area contributed by atoms with Crippen LogP contribution in [-0.2, 0) is 19.0 Å². The summed E-state index contributed by atoms with van der Waals surface area (Å²) in [5, 5.41) is 0. The molecule has 2 amide bonds. The van der Waals surface area contributed by atoms with Gasteiger partial charge in [-0.2, -0.15) is 0 Å². The highest BCUT2D eigenvalue weighted by Gasteiger charge is 2.69. The first-order valence-corrected chi connectivity index (χ1v) is 10.8. The molecule has 31 heavy (non-hydrogen) atoms. The first kappa shape index (κ1) is 25.0. The van der Waals surface area contributed by atoms with Crippen LogP contribution in [0.5, 0.6) is 0 Å². The van der Waals surface area contributed by atoms with E-state index in [0.29, 0.717) is 13.0 Å². The van der Waals surface area contributed by atoms with Crippen LogP contribution in [0.3, 0.4) is 0 Å². The molecule has 2 fully saturated rings. The lowest BCUT2D eigenvalue weighted by Crippen LogP contribution is -2.63. The number of likely N-dealkylation sites (tertiary alicyclic amines) is 1. The van der Waals surface area contributed by atoms with Crippen molar-refractivity contribution in [3.05, 3.63) is 12.7 Å². The lowest BCUT2D eigenvalue weighted by Gasteiger charge is -2.41. The lowest BCUT2D eigenvalue weighted by molar-refractivity contribution is -0.170. The Hall–Kier alpha value is -2.25. The summed E-state index contributed by atoms with van der Waals surface area (Å²) in [5.41, 5.74) is -3.61. The van der Waals surface area contributed by atoms with Gasteiger partial charge < -0.3 is 14.2 Å². The first-order chi connectivity index (χ1) is 13.9. The van der Waals surface area contributed by atoms with E-state index in [1.165, 1.54) is 9.80 Å². The number of nitrogens with zero attached hydrogens (tertiary/aromatic N) is 2. The van der Waals surface area contributed by atoms with Crippen LogP contribution in [0.4, 0.5) is 9.59 Å². The van der Waals surface area contributed by atoms with E-state index in [1.54, 1.807) is 68.4 Å². The van der Waals surface area contributed by atoms with Crippen LogP contribution in [0.15, 0.2) is 12.7 Å². The summed E-state index contributed by atoms with van der Waals surface area (Å²) in [6, 6.07) is -0.588. The number of esters is 1. The van der Waals surface area contributed by atoms with E-state index in [4.69, 9.17) is 14.2 Å². The topological polar surface area (TPSA) is 85.2 Å².